The van der Waals surface area contributed by atoms with E-state index >= 15 is 0 Å². The third-order valence-corrected chi connectivity index (χ3v) is 3.76. The molecule has 0 atom stereocenters. The lowest BCUT2D eigenvalue weighted by Crippen LogP contribution is -2.49. The molecule has 7 heteroatoms. The highest BCUT2D eigenvalue weighted by Crippen LogP contribution is 2.12. The van der Waals surface area contributed by atoms with Crippen molar-refractivity contribution in [3.8, 4) is 0 Å². The zero-order chi connectivity index (χ0) is 14.8. The molecule has 1 amide bonds. The third kappa shape index (κ3) is 3.71. The number of carbonyl (C=O) groups is 1. The summed E-state index contributed by atoms with van der Waals surface area (Å²) in [5, 5.41) is 7.01. The van der Waals surface area contributed by atoms with Gasteiger partial charge >= 0.3 is 0 Å². The Hall–Kier alpha value is -1.66. The Kier molecular flexibility index (Phi) is 5.69. The summed E-state index contributed by atoms with van der Waals surface area (Å²) in [5.74, 6) is -0.185. The standard InChI is InChI=1S/C14H21N5O.ClH/c1-4-14(15,5-2)9-16-13(20)11-8-17-19-7-6-10(3)18-12(11)19;/h6-8H,4-5,9,15H2,1-3H3,(H,16,20);1H. The van der Waals surface area contributed by atoms with E-state index in [0.717, 1.165) is 18.5 Å². The van der Waals surface area contributed by atoms with Crippen LogP contribution in [-0.2, 0) is 0 Å². The number of rotatable bonds is 5. The predicted octanol–water partition coefficient (Wildman–Crippen LogP) is 1.71. The van der Waals surface area contributed by atoms with E-state index in [0.29, 0.717) is 17.8 Å². The normalized spacial score (nSPS) is 11.2. The summed E-state index contributed by atoms with van der Waals surface area (Å²) >= 11 is 0. The van der Waals surface area contributed by atoms with Gasteiger partial charge < -0.3 is 11.1 Å². The monoisotopic (exact) mass is 311 g/mol. The first-order chi connectivity index (χ1) is 9.49. The summed E-state index contributed by atoms with van der Waals surface area (Å²) in [4.78, 5) is 16.6. The lowest BCUT2D eigenvalue weighted by molar-refractivity contribution is 0.0943. The molecule has 2 heterocycles. The van der Waals surface area contributed by atoms with Crippen LogP contribution in [0.3, 0.4) is 0 Å². The molecule has 0 bridgehead atoms. The second-order valence-electron chi connectivity index (χ2n) is 5.15. The lowest BCUT2D eigenvalue weighted by atomic mass is 9.94. The smallest absolute Gasteiger partial charge is 0.256 e. The van der Waals surface area contributed by atoms with Gasteiger partial charge in [0.05, 0.1) is 6.20 Å². The van der Waals surface area contributed by atoms with E-state index in [1.165, 1.54) is 6.20 Å². The van der Waals surface area contributed by atoms with Crippen LogP contribution in [0.4, 0.5) is 0 Å². The molecule has 0 unspecified atom stereocenters. The number of aryl methyl sites for hydroxylation is 1. The molecule has 0 saturated heterocycles. The molecule has 6 nitrogen and oxygen atoms in total. The van der Waals surface area contributed by atoms with Crippen LogP contribution in [0.2, 0.25) is 0 Å². The van der Waals surface area contributed by atoms with Gasteiger partial charge in [-0.2, -0.15) is 5.10 Å². The summed E-state index contributed by atoms with van der Waals surface area (Å²) in [7, 11) is 0. The Balaban J connectivity index is 0.00000220. The van der Waals surface area contributed by atoms with Crippen molar-refractivity contribution in [2.75, 3.05) is 6.54 Å². The zero-order valence-corrected chi connectivity index (χ0v) is 13.4. The minimum atomic E-state index is -0.359. The minimum Gasteiger partial charge on any atom is -0.350 e. The van der Waals surface area contributed by atoms with Crippen LogP contribution in [0.5, 0.6) is 0 Å². The van der Waals surface area contributed by atoms with E-state index in [1.807, 2.05) is 26.8 Å². The summed E-state index contributed by atoms with van der Waals surface area (Å²) in [6, 6.07) is 1.85. The molecule has 0 aliphatic carbocycles. The average molecular weight is 312 g/mol. The van der Waals surface area contributed by atoms with Crippen molar-refractivity contribution in [2.45, 2.75) is 39.2 Å². The number of hydrogen-bond acceptors (Lipinski definition) is 4. The fourth-order valence-corrected chi connectivity index (χ4v) is 1.97. The number of halogens is 1. The summed E-state index contributed by atoms with van der Waals surface area (Å²) in [6.45, 7) is 6.38. The van der Waals surface area contributed by atoms with Gasteiger partial charge in [0, 0.05) is 24.0 Å². The first kappa shape index (κ1) is 17.4. The second-order valence-corrected chi connectivity index (χ2v) is 5.15. The van der Waals surface area contributed by atoms with Crippen LogP contribution in [0.1, 0.15) is 42.7 Å². The SMILES string of the molecule is CCC(N)(CC)CNC(=O)c1cnn2ccc(C)nc12.Cl. The van der Waals surface area contributed by atoms with Crippen LogP contribution in [0, 0.1) is 6.92 Å². The van der Waals surface area contributed by atoms with Crippen LogP contribution in [-0.4, -0.2) is 32.6 Å². The molecule has 0 saturated carbocycles. The Morgan fingerprint density at radius 1 is 1.43 bits per heavy atom. The lowest BCUT2D eigenvalue weighted by Gasteiger charge is -2.26. The van der Waals surface area contributed by atoms with Gasteiger partial charge in [0.2, 0.25) is 0 Å². The van der Waals surface area contributed by atoms with E-state index in [9.17, 15) is 4.79 Å². The second kappa shape index (κ2) is 6.87. The Morgan fingerprint density at radius 3 is 2.71 bits per heavy atom. The Bertz CT molecular complexity index is 621. The number of fused-ring (bicyclic) bond motifs is 1. The highest BCUT2D eigenvalue weighted by molar-refractivity contribution is 5.99. The summed E-state index contributed by atoms with van der Waals surface area (Å²) < 4.78 is 1.59. The summed E-state index contributed by atoms with van der Waals surface area (Å²) in [6.07, 6.45) is 4.96. The number of aromatic nitrogens is 3. The highest BCUT2D eigenvalue weighted by Gasteiger charge is 2.22. The van der Waals surface area contributed by atoms with Gasteiger partial charge in [-0.05, 0) is 25.8 Å². The molecule has 0 fully saturated rings. The van der Waals surface area contributed by atoms with Gasteiger partial charge in [-0.1, -0.05) is 13.8 Å². The van der Waals surface area contributed by atoms with Crippen LogP contribution < -0.4 is 11.1 Å². The molecule has 2 rings (SSSR count). The molecule has 3 N–H and O–H groups in total. The largest absolute Gasteiger partial charge is 0.350 e. The molecule has 0 spiro atoms. The maximum absolute atomic E-state index is 12.2. The third-order valence-electron chi connectivity index (χ3n) is 3.76. The van der Waals surface area contributed by atoms with E-state index in [2.05, 4.69) is 15.4 Å². The van der Waals surface area contributed by atoms with Crippen molar-refractivity contribution in [3.05, 3.63) is 29.7 Å². The zero-order valence-electron chi connectivity index (χ0n) is 12.6. The van der Waals surface area contributed by atoms with Gasteiger partial charge in [-0.15, -0.1) is 12.4 Å². The van der Waals surface area contributed by atoms with Gasteiger partial charge in [0.1, 0.15) is 5.56 Å². The molecule has 2 aromatic heterocycles. The average Bonchev–Trinajstić information content (AvgIpc) is 2.87. The van der Waals surface area contributed by atoms with Crippen molar-refractivity contribution < 1.29 is 4.79 Å². The number of hydrogen-bond donors (Lipinski definition) is 2. The van der Waals surface area contributed by atoms with E-state index < -0.39 is 0 Å². The first-order valence-electron chi connectivity index (χ1n) is 6.87. The Labute approximate surface area is 130 Å². The summed E-state index contributed by atoms with van der Waals surface area (Å²) in [5.41, 5.74) is 7.72. The van der Waals surface area contributed by atoms with Gasteiger partial charge in [0.15, 0.2) is 5.65 Å². The van der Waals surface area contributed by atoms with Crippen LogP contribution in [0.25, 0.3) is 5.65 Å². The quantitative estimate of drug-likeness (QED) is 0.880. The highest BCUT2D eigenvalue weighted by atomic mass is 35.5. The van der Waals surface area contributed by atoms with E-state index in [4.69, 9.17) is 5.73 Å². The van der Waals surface area contributed by atoms with E-state index in [-0.39, 0.29) is 23.9 Å². The first-order valence-corrected chi connectivity index (χ1v) is 6.87. The van der Waals surface area contributed by atoms with E-state index in [1.54, 1.807) is 10.7 Å². The molecule has 0 aromatic carbocycles. The molecular weight excluding hydrogens is 290 g/mol. The maximum Gasteiger partial charge on any atom is 0.256 e. The van der Waals surface area contributed by atoms with Crippen molar-refractivity contribution in [2.24, 2.45) is 5.73 Å². The van der Waals surface area contributed by atoms with Crippen molar-refractivity contribution in [1.29, 1.82) is 0 Å². The number of carbonyl (C=O) groups excluding carboxylic acids is 1. The molecule has 2 aromatic rings. The fourth-order valence-electron chi connectivity index (χ4n) is 1.97. The van der Waals surface area contributed by atoms with Gasteiger partial charge in [0.25, 0.3) is 5.91 Å². The van der Waals surface area contributed by atoms with Crippen molar-refractivity contribution >= 4 is 24.0 Å². The number of amides is 1. The fraction of sp³-hybridized carbons (Fsp3) is 0.500. The van der Waals surface area contributed by atoms with Crippen LogP contribution in [0.15, 0.2) is 18.5 Å². The van der Waals surface area contributed by atoms with Crippen LogP contribution >= 0.6 is 12.4 Å². The van der Waals surface area contributed by atoms with Gasteiger partial charge in [-0.3, -0.25) is 4.79 Å². The molecule has 116 valence electrons. The molecule has 0 aliphatic rings. The maximum atomic E-state index is 12.2. The Morgan fingerprint density at radius 2 is 2.10 bits per heavy atom. The number of nitrogens with zero attached hydrogens (tertiary/aromatic N) is 3. The molecule has 0 radical (unpaired) electrons. The van der Waals surface area contributed by atoms with Crippen molar-refractivity contribution in [3.63, 3.8) is 0 Å². The van der Waals surface area contributed by atoms with Gasteiger partial charge in [-0.25, -0.2) is 9.50 Å². The molecule has 21 heavy (non-hydrogen) atoms. The number of nitrogens with two attached hydrogens (primary N) is 1. The number of nitrogens with one attached hydrogen (secondary N) is 1. The van der Waals surface area contributed by atoms with Crippen molar-refractivity contribution in [1.82, 2.24) is 19.9 Å². The molecule has 0 aliphatic heterocycles. The topological polar surface area (TPSA) is 85.3 Å². The predicted molar refractivity (Wildman–Crippen MR) is 84.8 cm³/mol. The minimum absolute atomic E-state index is 0. The molecular formula is C14H22ClN5O.